The second-order valence-electron chi connectivity index (χ2n) is 7.67. The van der Waals surface area contributed by atoms with Crippen molar-refractivity contribution in [2.75, 3.05) is 11.9 Å². The molecular weight excluding hydrogens is 479 g/mol. The molecule has 0 spiro atoms. The maximum Gasteiger partial charge on any atom is 0.405 e. The summed E-state index contributed by atoms with van der Waals surface area (Å²) in [5, 5.41) is 5.07. The van der Waals surface area contributed by atoms with Crippen molar-refractivity contribution in [3.05, 3.63) is 89.0 Å². The van der Waals surface area contributed by atoms with Crippen LogP contribution in [-0.4, -0.2) is 29.5 Å². The Bertz CT molecular complexity index is 1350. The van der Waals surface area contributed by atoms with Crippen LogP contribution >= 0.6 is 11.8 Å². The molecule has 2 amide bonds. The Hall–Kier alpha value is -3.79. The van der Waals surface area contributed by atoms with E-state index in [1.807, 2.05) is 41.7 Å². The lowest BCUT2D eigenvalue weighted by molar-refractivity contribution is -0.123. The van der Waals surface area contributed by atoms with Crippen molar-refractivity contribution in [3.8, 4) is 0 Å². The third kappa shape index (κ3) is 6.21. The van der Waals surface area contributed by atoms with Gasteiger partial charge < -0.3 is 15.1 Å². The van der Waals surface area contributed by atoms with Crippen molar-refractivity contribution in [2.45, 2.75) is 24.1 Å². The number of aryl methyl sites for hydroxylation is 1. The van der Waals surface area contributed by atoms with E-state index in [4.69, 9.17) is 4.42 Å². The van der Waals surface area contributed by atoms with Gasteiger partial charge in [-0.2, -0.15) is 13.2 Å². The third-order valence-corrected chi connectivity index (χ3v) is 5.96. The Labute approximate surface area is 202 Å². The number of fused-ring (bicyclic) bond motifs is 1. The van der Waals surface area contributed by atoms with Gasteiger partial charge in [-0.25, -0.2) is 4.98 Å². The molecule has 0 aliphatic rings. The summed E-state index contributed by atoms with van der Waals surface area (Å²) in [5.41, 5.74) is 3.58. The first-order valence-corrected chi connectivity index (χ1v) is 11.5. The normalized spacial score (nSPS) is 11.4. The number of halogens is 3. The molecule has 1 heterocycles. The van der Waals surface area contributed by atoms with Crippen LogP contribution in [0.3, 0.4) is 0 Å². The zero-order valence-electron chi connectivity index (χ0n) is 18.5. The molecule has 0 fully saturated rings. The minimum absolute atomic E-state index is 0.00921. The van der Waals surface area contributed by atoms with Crippen LogP contribution in [0.1, 0.15) is 31.8 Å². The molecular formula is C25H20F3N3O3S. The van der Waals surface area contributed by atoms with Crippen LogP contribution in [0.2, 0.25) is 0 Å². The van der Waals surface area contributed by atoms with Gasteiger partial charge in [-0.3, -0.25) is 9.59 Å². The van der Waals surface area contributed by atoms with Crippen LogP contribution in [0.5, 0.6) is 0 Å². The Morgan fingerprint density at radius 1 is 1.00 bits per heavy atom. The van der Waals surface area contributed by atoms with Crippen molar-refractivity contribution in [1.82, 2.24) is 10.3 Å². The summed E-state index contributed by atoms with van der Waals surface area (Å²) in [4.78, 5) is 29.6. The van der Waals surface area contributed by atoms with Gasteiger partial charge in [0.1, 0.15) is 12.1 Å². The molecule has 35 heavy (non-hydrogen) atoms. The van der Waals surface area contributed by atoms with E-state index in [1.54, 1.807) is 25.1 Å². The van der Waals surface area contributed by atoms with Crippen molar-refractivity contribution in [3.63, 3.8) is 0 Å². The first-order chi connectivity index (χ1) is 16.7. The zero-order valence-corrected chi connectivity index (χ0v) is 19.3. The lowest BCUT2D eigenvalue weighted by atomic mass is 10.1. The maximum absolute atomic E-state index is 13.1. The fraction of sp³-hybridized carbons (Fsp3) is 0.160. The Morgan fingerprint density at radius 3 is 2.51 bits per heavy atom. The van der Waals surface area contributed by atoms with E-state index < -0.39 is 24.5 Å². The van der Waals surface area contributed by atoms with E-state index >= 15 is 0 Å². The molecule has 0 aliphatic carbocycles. The zero-order chi connectivity index (χ0) is 25.0. The monoisotopic (exact) mass is 499 g/mol. The average molecular weight is 500 g/mol. The summed E-state index contributed by atoms with van der Waals surface area (Å²) in [6.07, 6.45) is -4.52. The van der Waals surface area contributed by atoms with Crippen LogP contribution in [0.25, 0.3) is 11.1 Å². The largest absolute Gasteiger partial charge is 0.431 e. The van der Waals surface area contributed by atoms with Crippen LogP contribution in [0.4, 0.5) is 18.9 Å². The summed E-state index contributed by atoms with van der Waals surface area (Å²) < 4.78 is 43.0. The van der Waals surface area contributed by atoms with Crippen molar-refractivity contribution in [1.29, 1.82) is 0 Å². The van der Waals surface area contributed by atoms with Gasteiger partial charge in [0.25, 0.3) is 17.0 Å². The van der Waals surface area contributed by atoms with Gasteiger partial charge in [-0.15, -0.1) is 0 Å². The van der Waals surface area contributed by atoms with E-state index in [0.29, 0.717) is 33.4 Å². The summed E-state index contributed by atoms with van der Waals surface area (Å²) in [5.74, 6) is -0.863. The van der Waals surface area contributed by atoms with Crippen LogP contribution in [0.15, 0.2) is 76.4 Å². The number of carbonyl (C=O) groups excluding carboxylic acids is 2. The molecule has 0 atom stereocenters. The number of anilines is 1. The second kappa shape index (κ2) is 10.2. The number of amides is 2. The molecule has 10 heteroatoms. The van der Waals surface area contributed by atoms with Crippen molar-refractivity contribution >= 4 is 40.4 Å². The topological polar surface area (TPSA) is 84.2 Å². The van der Waals surface area contributed by atoms with Gasteiger partial charge in [0.05, 0.1) is 0 Å². The van der Waals surface area contributed by atoms with Gasteiger partial charge in [0.2, 0.25) is 0 Å². The number of nitrogens with zero attached hydrogens (tertiary/aromatic N) is 1. The first-order valence-electron chi connectivity index (χ1n) is 10.5. The van der Waals surface area contributed by atoms with E-state index in [1.165, 1.54) is 23.9 Å². The molecule has 0 radical (unpaired) electrons. The minimum atomic E-state index is -4.52. The molecule has 1 aromatic heterocycles. The van der Waals surface area contributed by atoms with E-state index in [9.17, 15) is 22.8 Å². The van der Waals surface area contributed by atoms with Crippen LogP contribution in [-0.2, 0) is 5.75 Å². The number of thioether (sulfide) groups is 1. The Kier molecular flexibility index (Phi) is 7.11. The highest BCUT2D eigenvalue weighted by Crippen LogP contribution is 2.28. The highest BCUT2D eigenvalue weighted by molar-refractivity contribution is 7.98. The number of oxazole rings is 1. The molecule has 3 aromatic carbocycles. The Morgan fingerprint density at radius 2 is 1.74 bits per heavy atom. The van der Waals surface area contributed by atoms with Gasteiger partial charge >= 0.3 is 6.18 Å². The smallest absolute Gasteiger partial charge is 0.405 e. The number of nitrogens with one attached hydrogen (secondary N) is 2. The van der Waals surface area contributed by atoms with Crippen molar-refractivity contribution in [2.24, 2.45) is 0 Å². The SMILES string of the molecule is Cc1ccc(C(=O)NCC(F)(F)F)cc1NC(=O)c1ccccc1CSc1nc2ccccc2o1. The van der Waals surface area contributed by atoms with Crippen LogP contribution < -0.4 is 10.6 Å². The molecule has 2 N–H and O–H groups in total. The molecule has 0 saturated carbocycles. The molecule has 4 rings (SSSR count). The summed E-state index contributed by atoms with van der Waals surface area (Å²) in [6.45, 7) is 0.286. The number of rotatable bonds is 7. The van der Waals surface area contributed by atoms with E-state index in [0.717, 1.165) is 11.1 Å². The molecule has 180 valence electrons. The molecule has 0 aliphatic heterocycles. The van der Waals surface area contributed by atoms with Gasteiger partial charge in [0.15, 0.2) is 5.58 Å². The number of hydrogen-bond donors (Lipinski definition) is 2. The highest BCUT2D eigenvalue weighted by Gasteiger charge is 2.28. The maximum atomic E-state index is 13.1. The number of alkyl halides is 3. The van der Waals surface area contributed by atoms with Crippen molar-refractivity contribution < 1.29 is 27.2 Å². The van der Waals surface area contributed by atoms with Crippen LogP contribution in [0, 0.1) is 6.92 Å². The number of benzene rings is 3. The average Bonchev–Trinajstić information content (AvgIpc) is 3.25. The fourth-order valence-corrected chi connectivity index (χ4v) is 4.13. The summed E-state index contributed by atoms with van der Waals surface area (Å²) >= 11 is 1.35. The minimum Gasteiger partial charge on any atom is -0.431 e. The predicted octanol–water partition coefficient (Wildman–Crippen LogP) is 5.97. The predicted molar refractivity (Wildman–Crippen MR) is 128 cm³/mol. The molecule has 0 bridgehead atoms. The molecule has 0 unspecified atom stereocenters. The first kappa shape index (κ1) is 24.3. The third-order valence-electron chi connectivity index (χ3n) is 5.08. The van der Waals surface area contributed by atoms with Gasteiger partial charge in [-0.1, -0.05) is 48.2 Å². The van der Waals surface area contributed by atoms with Gasteiger partial charge in [0, 0.05) is 22.6 Å². The number of aromatic nitrogens is 1. The van der Waals surface area contributed by atoms with E-state index in [-0.39, 0.29) is 5.56 Å². The number of carbonyl (C=O) groups is 2. The Balaban J connectivity index is 1.48. The van der Waals surface area contributed by atoms with Gasteiger partial charge in [-0.05, 0) is 48.4 Å². The lowest BCUT2D eigenvalue weighted by Gasteiger charge is -2.13. The molecule has 6 nitrogen and oxygen atoms in total. The number of hydrogen-bond acceptors (Lipinski definition) is 5. The highest BCUT2D eigenvalue weighted by atomic mass is 32.2. The van der Waals surface area contributed by atoms with E-state index in [2.05, 4.69) is 10.3 Å². The quantitative estimate of drug-likeness (QED) is 0.306. The second-order valence-corrected chi connectivity index (χ2v) is 8.60. The summed E-state index contributed by atoms with van der Waals surface area (Å²) in [7, 11) is 0. The standard InChI is InChI=1S/C25H20F3N3O3S/c1-15-10-11-16(22(32)29-14-25(26,27)28)12-20(15)30-23(33)18-7-3-2-6-17(18)13-35-24-31-19-8-4-5-9-21(19)34-24/h2-12H,13-14H2,1H3,(H,29,32)(H,30,33). The number of para-hydroxylation sites is 2. The lowest BCUT2D eigenvalue weighted by Crippen LogP contribution is -2.33. The fourth-order valence-electron chi connectivity index (χ4n) is 3.29. The summed E-state index contributed by atoms with van der Waals surface area (Å²) in [6, 6.07) is 18.8. The molecule has 0 saturated heterocycles. The molecule has 4 aromatic rings.